The van der Waals surface area contributed by atoms with Crippen LogP contribution in [-0.4, -0.2) is 19.4 Å². The number of benzene rings is 3. The van der Waals surface area contributed by atoms with Crippen molar-refractivity contribution < 1.29 is 22.0 Å². The number of nitrogens with zero attached hydrogens (tertiary/aromatic N) is 1. The van der Waals surface area contributed by atoms with Crippen LogP contribution in [0.5, 0.6) is 0 Å². The Hall–Kier alpha value is -3.57. The van der Waals surface area contributed by atoms with Crippen molar-refractivity contribution >= 4 is 54.1 Å². The lowest BCUT2D eigenvalue weighted by Crippen LogP contribution is -2.20. The van der Waals surface area contributed by atoms with E-state index in [1.807, 2.05) is 0 Å². The predicted octanol–water partition coefficient (Wildman–Crippen LogP) is 5.02. The minimum atomic E-state index is -3.78. The first kappa shape index (κ1) is 20.7. The molecule has 0 aliphatic rings. The average molecular weight is 460 g/mol. The van der Waals surface area contributed by atoms with Crippen molar-refractivity contribution in [3.05, 3.63) is 78.4 Å². The van der Waals surface area contributed by atoms with E-state index in [0.717, 1.165) is 23.5 Å². The zero-order valence-electron chi connectivity index (χ0n) is 15.6. The molecule has 4 rings (SSSR count). The molecule has 0 saturated carbocycles. The molecule has 0 bridgehead atoms. The second-order valence-electron chi connectivity index (χ2n) is 6.32. The van der Waals surface area contributed by atoms with Gasteiger partial charge in [0, 0.05) is 11.8 Å². The molecule has 3 N–H and O–H groups in total. The van der Waals surface area contributed by atoms with E-state index >= 15 is 0 Å². The molecule has 0 radical (unpaired) electrons. The Labute approximate surface area is 179 Å². The van der Waals surface area contributed by atoms with Gasteiger partial charge >= 0.3 is 6.03 Å². The third-order valence-corrected chi connectivity index (χ3v) is 6.54. The van der Waals surface area contributed by atoms with E-state index in [4.69, 9.17) is 0 Å². The predicted molar refractivity (Wildman–Crippen MR) is 116 cm³/mol. The van der Waals surface area contributed by atoms with Crippen molar-refractivity contribution in [3.8, 4) is 0 Å². The van der Waals surface area contributed by atoms with Gasteiger partial charge in [-0.15, -0.1) is 0 Å². The molecule has 0 spiro atoms. The van der Waals surface area contributed by atoms with E-state index in [1.165, 1.54) is 12.1 Å². The van der Waals surface area contributed by atoms with Crippen LogP contribution in [0.15, 0.2) is 71.6 Å². The van der Waals surface area contributed by atoms with Gasteiger partial charge in [0.1, 0.15) is 11.6 Å². The quantitative estimate of drug-likeness (QED) is 0.389. The maximum Gasteiger partial charge on any atom is 0.323 e. The van der Waals surface area contributed by atoms with Crippen molar-refractivity contribution in [1.82, 2.24) is 4.98 Å². The van der Waals surface area contributed by atoms with Gasteiger partial charge in [-0.3, -0.25) is 4.72 Å². The standard InChI is InChI=1S/C20H14F2N4O3S2/c21-12-6-8-16(15(22)10-12)24-19(27)23-13-7-9-18-17(11-13)25-20(30-18)26-31(28,29)14-4-2-1-3-5-14/h1-11H,(H,25,26)(H2,23,24,27). The molecule has 158 valence electrons. The number of anilines is 3. The van der Waals surface area contributed by atoms with Crippen molar-refractivity contribution in [2.45, 2.75) is 4.90 Å². The number of fused-ring (bicyclic) bond motifs is 1. The molecule has 0 atom stereocenters. The number of rotatable bonds is 5. The second-order valence-corrected chi connectivity index (χ2v) is 9.04. The summed E-state index contributed by atoms with van der Waals surface area (Å²) >= 11 is 1.14. The number of halogens is 2. The van der Waals surface area contributed by atoms with Crippen LogP contribution < -0.4 is 15.4 Å². The van der Waals surface area contributed by atoms with Crippen LogP contribution in [0.4, 0.5) is 30.1 Å². The first-order valence-corrected chi connectivity index (χ1v) is 11.1. The first-order valence-electron chi connectivity index (χ1n) is 8.82. The first-order chi connectivity index (χ1) is 14.8. The molecule has 7 nitrogen and oxygen atoms in total. The number of hydrogen-bond donors (Lipinski definition) is 3. The number of carbonyl (C=O) groups excluding carboxylic acids is 1. The van der Waals surface area contributed by atoms with Gasteiger partial charge in [-0.25, -0.2) is 27.0 Å². The fourth-order valence-electron chi connectivity index (χ4n) is 2.70. The highest BCUT2D eigenvalue weighted by molar-refractivity contribution is 7.93. The number of carbonyl (C=O) groups is 1. The van der Waals surface area contributed by atoms with Crippen molar-refractivity contribution in [2.24, 2.45) is 0 Å². The molecule has 0 aliphatic heterocycles. The van der Waals surface area contributed by atoms with E-state index in [2.05, 4.69) is 20.3 Å². The van der Waals surface area contributed by atoms with Crippen molar-refractivity contribution in [1.29, 1.82) is 0 Å². The smallest absolute Gasteiger partial charge is 0.308 e. The lowest BCUT2D eigenvalue weighted by atomic mass is 10.3. The molecule has 0 fully saturated rings. The van der Waals surface area contributed by atoms with Crippen LogP contribution in [0, 0.1) is 11.6 Å². The van der Waals surface area contributed by atoms with Crippen LogP contribution in [0.3, 0.4) is 0 Å². The Balaban J connectivity index is 1.49. The number of hydrogen-bond acceptors (Lipinski definition) is 5. The Kier molecular flexibility index (Phi) is 5.53. The van der Waals surface area contributed by atoms with E-state index in [0.29, 0.717) is 22.0 Å². The Morgan fingerprint density at radius 3 is 2.45 bits per heavy atom. The molecule has 1 heterocycles. The minimum Gasteiger partial charge on any atom is -0.308 e. The van der Waals surface area contributed by atoms with Crippen LogP contribution in [0.1, 0.15) is 0 Å². The van der Waals surface area contributed by atoms with Crippen LogP contribution in [0.25, 0.3) is 10.2 Å². The Morgan fingerprint density at radius 2 is 1.71 bits per heavy atom. The zero-order valence-corrected chi connectivity index (χ0v) is 17.2. The van der Waals surface area contributed by atoms with Crippen LogP contribution >= 0.6 is 11.3 Å². The fraction of sp³-hybridized carbons (Fsp3) is 0. The topological polar surface area (TPSA) is 100 Å². The molecule has 11 heteroatoms. The highest BCUT2D eigenvalue weighted by atomic mass is 32.2. The van der Waals surface area contributed by atoms with Crippen molar-refractivity contribution in [3.63, 3.8) is 0 Å². The van der Waals surface area contributed by atoms with Gasteiger partial charge < -0.3 is 10.6 Å². The molecule has 31 heavy (non-hydrogen) atoms. The van der Waals surface area contributed by atoms with Crippen LogP contribution in [0.2, 0.25) is 0 Å². The normalized spacial score (nSPS) is 11.3. The minimum absolute atomic E-state index is 0.112. The summed E-state index contributed by atoms with van der Waals surface area (Å²) in [5.74, 6) is -1.66. The Morgan fingerprint density at radius 1 is 0.935 bits per heavy atom. The molecule has 2 amide bonds. The van der Waals surface area contributed by atoms with Gasteiger partial charge in [0.05, 0.1) is 20.8 Å². The fourth-order valence-corrected chi connectivity index (χ4v) is 4.80. The summed E-state index contributed by atoms with van der Waals surface area (Å²) in [6, 6.07) is 14.8. The third-order valence-electron chi connectivity index (χ3n) is 4.10. The van der Waals surface area contributed by atoms with E-state index in [1.54, 1.807) is 36.4 Å². The summed E-state index contributed by atoms with van der Waals surface area (Å²) in [5, 5.41) is 4.99. The summed E-state index contributed by atoms with van der Waals surface area (Å²) in [7, 11) is -3.78. The number of sulfonamides is 1. The third kappa shape index (κ3) is 4.78. The highest BCUT2D eigenvalue weighted by Crippen LogP contribution is 2.29. The highest BCUT2D eigenvalue weighted by Gasteiger charge is 2.16. The van der Waals surface area contributed by atoms with E-state index < -0.39 is 27.7 Å². The van der Waals surface area contributed by atoms with Gasteiger partial charge in [0.2, 0.25) is 0 Å². The SMILES string of the molecule is O=C(Nc1ccc2sc(NS(=O)(=O)c3ccccc3)nc2c1)Nc1ccc(F)cc1F. The molecule has 3 aromatic carbocycles. The van der Waals surface area contributed by atoms with Gasteiger partial charge in [0.15, 0.2) is 5.13 Å². The van der Waals surface area contributed by atoms with Gasteiger partial charge in [-0.05, 0) is 42.5 Å². The van der Waals surface area contributed by atoms with E-state index in [-0.39, 0.29) is 15.7 Å². The average Bonchev–Trinajstić information content (AvgIpc) is 3.11. The summed E-state index contributed by atoms with van der Waals surface area (Å²) < 4.78 is 54.7. The maximum atomic E-state index is 13.7. The second kappa shape index (κ2) is 8.28. The Bertz CT molecular complexity index is 1380. The van der Waals surface area contributed by atoms with E-state index in [9.17, 15) is 22.0 Å². The number of urea groups is 1. The largest absolute Gasteiger partial charge is 0.323 e. The molecule has 0 saturated heterocycles. The van der Waals surface area contributed by atoms with Gasteiger partial charge in [-0.1, -0.05) is 29.5 Å². The molecule has 0 unspecified atom stereocenters. The summed E-state index contributed by atoms with van der Waals surface area (Å²) in [5.41, 5.74) is 0.642. The zero-order chi connectivity index (χ0) is 22.0. The van der Waals surface area contributed by atoms with Gasteiger partial charge in [-0.2, -0.15) is 0 Å². The molecule has 1 aromatic heterocycles. The van der Waals surface area contributed by atoms with Crippen molar-refractivity contribution in [2.75, 3.05) is 15.4 Å². The summed E-state index contributed by atoms with van der Waals surface area (Å²) in [6.07, 6.45) is 0. The number of nitrogens with one attached hydrogen (secondary N) is 3. The molecular formula is C20H14F2N4O3S2. The summed E-state index contributed by atoms with van der Waals surface area (Å²) in [6.45, 7) is 0. The lowest BCUT2D eigenvalue weighted by molar-refractivity contribution is 0.262. The molecule has 0 aliphatic carbocycles. The summed E-state index contributed by atoms with van der Waals surface area (Å²) in [4.78, 5) is 16.5. The number of aromatic nitrogens is 1. The van der Waals surface area contributed by atoms with Gasteiger partial charge in [0.25, 0.3) is 10.0 Å². The molecule has 4 aromatic rings. The monoisotopic (exact) mass is 460 g/mol. The lowest BCUT2D eigenvalue weighted by Gasteiger charge is -2.08. The number of amides is 2. The number of thiazole rings is 1. The maximum absolute atomic E-state index is 13.7. The molecular weight excluding hydrogens is 446 g/mol. The van der Waals surface area contributed by atoms with Crippen LogP contribution in [-0.2, 0) is 10.0 Å².